The van der Waals surface area contributed by atoms with E-state index < -0.39 is 36.4 Å². The molecule has 1 fully saturated rings. The number of aliphatic hydroxyl groups is 4. The van der Waals surface area contributed by atoms with E-state index in [1.165, 1.54) is 9.47 Å². The number of morpholine rings is 1. The molecule has 0 aliphatic carbocycles. The van der Waals surface area contributed by atoms with Crippen LogP contribution in [0.3, 0.4) is 0 Å². The zero-order valence-electron chi connectivity index (χ0n) is 17.0. The van der Waals surface area contributed by atoms with E-state index >= 15 is 0 Å². The first-order valence-electron chi connectivity index (χ1n) is 9.78. The van der Waals surface area contributed by atoms with Gasteiger partial charge in [0.25, 0.3) is 11.5 Å². The molecule has 0 saturated carbocycles. The maximum atomic E-state index is 13.2. The molecule has 2 aromatic rings. The third-order valence-corrected chi connectivity index (χ3v) is 5.41. The van der Waals surface area contributed by atoms with Crippen LogP contribution in [0.4, 0.5) is 0 Å². The Kier molecular flexibility index (Phi) is 6.84. The van der Waals surface area contributed by atoms with Crippen LogP contribution in [0.25, 0.3) is 11.0 Å². The highest BCUT2D eigenvalue weighted by Gasteiger charge is 2.28. The van der Waals surface area contributed by atoms with E-state index in [-0.39, 0.29) is 12.2 Å². The summed E-state index contributed by atoms with van der Waals surface area (Å²) in [6.07, 6.45) is -4.79. The van der Waals surface area contributed by atoms with Gasteiger partial charge in [-0.25, -0.2) is 4.98 Å². The first kappa shape index (κ1) is 22.3. The molecular formula is C20H27N3O7. The number of hydrogen-bond donors (Lipinski definition) is 4. The topological polar surface area (TPSA) is 145 Å². The molecule has 3 atom stereocenters. The standard InChI is InChI=1S/C20H27N3O7/c1-11-7-13-14(8-12(11)2)23(9-15(25)18(27)16(26)10-24)20(29)17(21-13)19(28)22-3-5-30-6-4-22/h7-8,15-16,18,24-27H,3-6,9-10H2,1-2H3/t15-,16+,18-/m0/s1. The monoisotopic (exact) mass is 421 g/mol. The third-order valence-electron chi connectivity index (χ3n) is 5.41. The molecule has 1 aromatic heterocycles. The van der Waals surface area contributed by atoms with Gasteiger partial charge in [-0.05, 0) is 37.1 Å². The number of aromatic nitrogens is 2. The lowest BCUT2D eigenvalue weighted by molar-refractivity contribution is -0.0805. The minimum Gasteiger partial charge on any atom is -0.394 e. The fourth-order valence-electron chi connectivity index (χ4n) is 3.39. The summed E-state index contributed by atoms with van der Waals surface area (Å²) in [6.45, 7) is 4.03. The highest BCUT2D eigenvalue weighted by atomic mass is 16.5. The van der Waals surface area contributed by atoms with Crippen molar-refractivity contribution in [3.05, 3.63) is 39.3 Å². The van der Waals surface area contributed by atoms with E-state index in [9.17, 15) is 24.9 Å². The highest BCUT2D eigenvalue weighted by Crippen LogP contribution is 2.19. The summed E-state index contributed by atoms with van der Waals surface area (Å²) >= 11 is 0. The zero-order chi connectivity index (χ0) is 22.0. The second-order valence-electron chi connectivity index (χ2n) is 7.51. The van der Waals surface area contributed by atoms with E-state index in [1.54, 1.807) is 12.1 Å². The van der Waals surface area contributed by atoms with Gasteiger partial charge >= 0.3 is 0 Å². The number of rotatable bonds is 6. The van der Waals surface area contributed by atoms with Crippen LogP contribution in [0.1, 0.15) is 21.6 Å². The van der Waals surface area contributed by atoms with Crippen molar-refractivity contribution in [2.45, 2.75) is 38.7 Å². The minimum atomic E-state index is -1.67. The first-order chi connectivity index (χ1) is 14.2. The first-order valence-corrected chi connectivity index (χ1v) is 9.78. The van der Waals surface area contributed by atoms with Crippen LogP contribution in [-0.4, -0.2) is 92.0 Å². The van der Waals surface area contributed by atoms with Crippen molar-refractivity contribution >= 4 is 16.9 Å². The molecule has 1 aromatic carbocycles. The smallest absolute Gasteiger partial charge is 0.282 e. The number of carbonyl (C=O) groups excluding carboxylic acids is 1. The van der Waals surface area contributed by atoms with Gasteiger partial charge in [-0.15, -0.1) is 0 Å². The molecule has 0 bridgehead atoms. The fraction of sp³-hybridized carbons (Fsp3) is 0.550. The van der Waals surface area contributed by atoms with Crippen LogP contribution in [0.2, 0.25) is 0 Å². The summed E-state index contributed by atoms with van der Waals surface area (Å²) in [7, 11) is 0. The Morgan fingerprint density at radius 2 is 1.77 bits per heavy atom. The molecule has 1 amide bonds. The summed E-state index contributed by atoms with van der Waals surface area (Å²) in [4.78, 5) is 31.9. The van der Waals surface area contributed by atoms with Gasteiger partial charge < -0.3 is 34.6 Å². The van der Waals surface area contributed by atoms with Crippen molar-refractivity contribution in [2.75, 3.05) is 32.9 Å². The Hall–Kier alpha value is -2.37. The van der Waals surface area contributed by atoms with Crippen LogP contribution in [0.5, 0.6) is 0 Å². The summed E-state index contributed by atoms with van der Waals surface area (Å²) in [5, 5.41) is 39.0. The van der Waals surface area contributed by atoms with E-state index in [1.807, 2.05) is 13.8 Å². The van der Waals surface area contributed by atoms with Gasteiger partial charge in [0.2, 0.25) is 0 Å². The van der Waals surface area contributed by atoms with Gasteiger partial charge in [0, 0.05) is 13.1 Å². The predicted molar refractivity (Wildman–Crippen MR) is 107 cm³/mol. The van der Waals surface area contributed by atoms with Gasteiger partial charge in [0.15, 0.2) is 5.69 Å². The molecule has 30 heavy (non-hydrogen) atoms. The van der Waals surface area contributed by atoms with E-state index in [2.05, 4.69) is 4.98 Å². The fourth-order valence-corrected chi connectivity index (χ4v) is 3.39. The number of ether oxygens (including phenoxy) is 1. The number of nitrogens with zero attached hydrogens (tertiary/aromatic N) is 3. The van der Waals surface area contributed by atoms with Gasteiger partial charge in [-0.1, -0.05) is 0 Å². The molecule has 0 spiro atoms. The maximum absolute atomic E-state index is 13.2. The largest absolute Gasteiger partial charge is 0.394 e. The van der Waals surface area contributed by atoms with Gasteiger partial charge in [-0.2, -0.15) is 0 Å². The van der Waals surface area contributed by atoms with E-state index in [0.29, 0.717) is 37.3 Å². The lowest BCUT2D eigenvalue weighted by Crippen LogP contribution is -2.46. The summed E-state index contributed by atoms with van der Waals surface area (Å²) in [6, 6.07) is 3.48. The number of carbonyl (C=O) groups is 1. The highest BCUT2D eigenvalue weighted by molar-refractivity contribution is 5.94. The lowest BCUT2D eigenvalue weighted by Gasteiger charge is -2.27. The number of fused-ring (bicyclic) bond motifs is 1. The van der Waals surface area contributed by atoms with Crippen molar-refractivity contribution < 1.29 is 30.0 Å². The molecule has 1 aliphatic rings. The zero-order valence-corrected chi connectivity index (χ0v) is 17.0. The van der Waals surface area contributed by atoms with Gasteiger partial charge in [0.1, 0.15) is 18.3 Å². The molecule has 1 saturated heterocycles. The summed E-state index contributed by atoms with van der Waals surface area (Å²) in [5.41, 5.74) is 1.62. The number of hydrogen-bond acceptors (Lipinski definition) is 8. The van der Waals surface area contributed by atoms with Gasteiger partial charge in [-0.3, -0.25) is 9.59 Å². The molecule has 2 heterocycles. The SMILES string of the molecule is Cc1cc2nc(C(=O)N3CCOCC3)c(=O)n(C[C@H](O)[C@H](O)[C@H](O)CO)c2cc1C. The molecular weight excluding hydrogens is 394 g/mol. The lowest BCUT2D eigenvalue weighted by atomic mass is 10.1. The summed E-state index contributed by atoms with van der Waals surface area (Å²) in [5.74, 6) is -0.525. The molecule has 10 nitrogen and oxygen atoms in total. The quantitative estimate of drug-likeness (QED) is 0.444. The van der Waals surface area contributed by atoms with Crippen LogP contribution in [0.15, 0.2) is 16.9 Å². The molecule has 164 valence electrons. The van der Waals surface area contributed by atoms with Crippen molar-refractivity contribution in [3.63, 3.8) is 0 Å². The normalized spacial score (nSPS) is 17.7. The molecule has 4 N–H and O–H groups in total. The summed E-state index contributed by atoms with van der Waals surface area (Å²) < 4.78 is 6.43. The van der Waals surface area contributed by atoms with E-state index in [4.69, 9.17) is 9.84 Å². The Balaban J connectivity index is 2.10. The third kappa shape index (κ3) is 4.37. The molecule has 10 heteroatoms. The Labute approximate surface area is 173 Å². The van der Waals surface area contributed by atoms with E-state index in [0.717, 1.165) is 11.1 Å². The molecule has 0 radical (unpaired) electrons. The number of aliphatic hydroxyl groups excluding tert-OH is 4. The molecule has 0 unspecified atom stereocenters. The van der Waals surface area contributed by atoms with Gasteiger partial charge in [0.05, 0.1) is 37.4 Å². The average Bonchev–Trinajstić information content (AvgIpc) is 2.75. The number of benzene rings is 1. The van der Waals surface area contributed by atoms with Crippen LogP contribution >= 0.6 is 0 Å². The van der Waals surface area contributed by atoms with Crippen molar-refractivity contribution in [2.24, 2.45) is 0 Å². The second kappa shape index (κ2) is 9.19. The predicted octanol–water partition coefficient (Wildman–Crippen LogP) is -1.44. The molecule has 3 rings (SSSR count). The van der Waals surface area contributed by atoms with Crippen molar-refractivity contribution in [3.8, 4) is 0 Å². The van der Waals surface area contributed by atoms with Crippen molar-refractivity contribution in [1.82, 2.24) is 14.5 Å². The number of aryl methyl sites for hydroxylation is 2. The Bertz CT molecular complexity index is 985. The minimum absolute atomic E-state index is 0.281. The van der Waals surface area contributed by atoms with Crippen LogP contribution in [0, 0.1) is 13.8 Å². The molecule has 1 aliphatic heterocycles. The maximum Gasteiger partial charge on any atom is 0.282 e. The van der Waals surface area contributed by atoms with Crippen LogP contribution in [-0.2, 0) is 11.3 Å². The van der Waals surface area contributed by atoms with Crippen molar-refractivity contribution in [1.29, 1.82) is 0 Å². The Morgan fingerprint density at radius 1 is 1.13 bits per heavy atom. The number of amides is 1. The second-order valence-corrected chi connectivity index (χ2v) is 7.51. The average molecular weight is 421 g/mol. The Morgan fingerprint density at radius 3 is 2.40 bits per heavy atom. The van der Waals surface area contributed by atoms with Crippen LogP contribution < -0.4 is 5.56 Å².